The lowest BCUT2D eigenvalue weighted by Gasteiger charge is -2.11. The summed E-state index contributed by atoms with van der Waals surface area (Å²) in [6.07, 6.45) is 5.31. The Labute approximate surface area is 100 Å². The molecule has 2 aromatic heterocycles. The molecule has 0 radical (unpaired) electrons. The summed E-state index contributed by atoms with van der Waals surface area (Å²) in [6.45, 7) is 0.593. The van der Waals surface area contributed by atoms with E-state index in [4.69, 9.17) is 0 Å². The second kappa shape index (κ2) is 3.21. The van der Waals surface area contributed by atoms with E-state index in [9.17, 15) is 4.79 Å². The number of carbonyl (C=O) groups is 1. The number of anilines is 1. The lowest BCUT2D eigenvalue weighted by molar-refractivity contribution is 0.251. The van der Waals surface area contributed by atoms with Crippen molar-refractivity contribution in [3.05, 3.63) is 34.8 Å². The first kappa shape index (κ1) is 9.65. The molecule has 0 atom stereocenters. The molecule has 82 valence electrons. The molecule has 0 saturated heterocycles. The SMILES string of the molecule is Cn1cc(N2Cc3cc(Br)cn3C2=O)cn1. The molecule has 3 heterocycles. The van der Waals surface area contributed by atoms with Crippen molar-refractivity contribution in [1.82, 2.24) is 14.3 Å². The fraction of sp³-hybridized carbons (Fsp3) is 0.200. The van der Waals surface area contributed by atoms with E-state index in [1.165, 1.54) is 0 Å². The fourth-order valence-electron chi connectivity index (χ4n) is 1.88. The van der Waals surface area contributed by atoms with Crippen LogP contribution in [0.4, 0.5) is 10.5 Å². The zero-order valence-electron chi connectivity index (χ0n) is 8.59. The van der Waals surface area contributed by atoms with Crippen LogP contribution in [-0.4, -0.2) is 20.4 Å². The van der Waals surface area contributed by atoms with Gasteiger partial charge in [0.05, 0.1) is 18.4 Å². The van der Waals surface area contributed by atoms with Gasteiger partial charge in [-0.2, -0.15) is 5.10 Å². The van der Waals surface area contributed by atoms with Crippen molar-refractivity contribution in [2.75, 3.05) is 4.90 Å². The van der Waals surface area contributed by atoms with Gasteiger partial charge in [-0.1, -0.05) is 0 Å². The van der Waals surface area contributed by atoms with Gasteiger partial charge >= 0.3 is 6.03 Å². The van der Waals surface area contributed by atoms with Crippen LogP contribution in [0.1, 0.15) is 5.69 Å². The van der Waals surface area contributed by atoms with Gasteiger partial charge in [0.1, 0.15) is 0 Å². The van der Waals surface area contributed by atoms with Crippen LogP contribution >= 0.6 is 15.9 Å². The Morgan fingerprint density at radius 3 is 2.88 bits per heavy atom. The smallest absolute Gasteiger partial charge is 0.285 e. The summed E-state index contributed by atoms with van der Waals surface area (Å²) in [4.78, 5) is 13.8. The molecule has 0 spiro atoms. The average molecular weight is 281 g/mol. The maximum absolute atomic E-state index is 12.1. The molecular formula is C10H9BrN4O. The molecule has 0 N–H and O–H groups in total. The van der Waals surface area contributed by atoms with Gasteiger partial charge in [-0.25, -0.2) is 4.79 Å². The highest BCUT2D eigenvalue weighted by molar-refractivity contribution is 9.10. The molecule has 2 aromatic rings. The van der Waals surface area contributed by atoms with E-state index < -0.39 is 0 Å². The van der Waals surface area contributed by atoms with Crippen LogP contribution < -0.4 is 4.90 Å². The van der Waals surface area contributed by atoms with Crippen LogP contribution in [-0.2, 0) is 13.6 Å². The standard InChI is InChI=1S/C10H9BrN4O/c1-13-5-9(3-12-13)15-6-8-2-7(11)4-14(8)10(15)16/h2-5H,6H2,1H3. The number of hydrogen-bond donors (Lipinski definition) is 0. The van der Waals surface area contributed by atoms with E-state index in [2.05, 4.69) is 21.0 Å². The van der Waals surface area contributed by atoms with Crippen LogP contribution in [0.2, 0.25) is 0 Å². The summed E-state index contributed by atoms with van der Waals surface area (Å²) in [5.41, 5.74) is 1.81. The predicted molar refractivity (Wildman–Crippen MR) is 62.3 cm³/mol. The Kier molecular flexibility index (Phi) is 1.94. The van der Waals surface area contributed by atoms with E-state index in [1.807, 2.05) is 19.3 Å². The molecule has 1 aliphatic rings. The van der Waals surface area contributed by atoms with E-state index >= 15 is 0 Å². The van der Waals surface area contributed by atoms with Crippen LogP contribution in [0, 0.1) is 0 Å². The van der Waals surface area contributed by atoms with Crippen molar-refractivity contribution in [2.45, 2.75) is 6.54 Å². The number of amides is 1. The molecule has 1 amide bonds. The molecule has 0 aromatic carbocycles. The van der Waals surface area contributed by atoms with Gasteiger partial charge in [0.25, 0.3) is 0 Å². The molecule has 0 aliphatic carbocycles. The van der Waals surface area contributed by atoms with E-state index in [0.29, 0.717) is 6.54 Å². The lowest BCUT2D eigenvalue weighted by Crippen LogP contribution is -2.25. The number of nitrogens with zero attached hydrogens (tertiary/aromatic N) is 4. The summed E-state index contributed by atoms with van der Waals surface area (Å²) in [6, 6.07) is 1.92. The highest BCUT2D eigenvalue weighted by Gasteiger charge is 2.29. The Hall–Kier alpha value is -1.56. The minimum absolute atomic E-state index is 0.0336. The predicted octanol–water partition coefficient (Wildman–Crippen LogP) is 1.97. The molecule has 6 heteroatoms. The zero-order valence-corrected chi connectivity index (χ0v) is 10.2. The Morgan fingerprint density at radius 2 is 2.25 bits per heavy atom. The largest absolute Gasteiger partial charge is 0.333 e. The third-order valence-electron chi connectivity index (χ3n) is 2.63. The summed E-state index contributed by atoms with van der Waals surface area (Å²) in [7, 11) is 1.83. The first-order valence-corrected chi connectivity index (χ1v) is 5.62. The molecule has 3 rings (SSSR count). The molecule has 0 unspecified atom stereocenters. The fourth-order valence-corrected chi connectivity index (χ4v) is 2.35. The Bertz CT molecular complexity index is 571. The first-order chi connectivity index (χ1) is 7.65. The minimum atomic E-state index is -0.0336. The number of carbonyl (C=O) groups excluding carboxylic acids is 1. The molecule has 0 bridgehead atoms. The van der Waals surface area contributed by atoms with Gasteiger partial charge in [0, 0.05) is 29.6 Å². The topological polar surface area (TPSA) is 43.1 Å². The second-order valence-electron chi connectivity index (χ2n) is 3.76. The van der Waals surface area contributed by atoms with Gasteiger partial charge < -0.3 is 0 Å². The van der Waals surface area contributed by atoms with Crippen molar-refractivity contribution >= 4 is 27.6 Å². The number of hydrogen-bond acceptors (Lipinski definition) is 2. The maximum Gasteiger partial charge on any atom is 0.333 e. The maximum atomic E-state index is 12.1. The van der Waals surface area contributed by atoms with Crippen molar-refractivity contribution in [1.29, 1.82) is 0 Å². The number of halogens is 1. The minimum Gasteiger partial charge on any atom is -0.285 e. The molecule has 1 aliphatic heterocycles. The normalized spacial score (nSPS) is 14.6. The van der Waals surface area contributed by atoms with Crippen LogP contribution in [0.25, 0.3) is 0 Å². The number of fused-ring (bicyclic) bond motifs is 1. The van der Waals surface area contributed by atoms with Gasteiger partial charge in [-0.3, -0.25) is 14.1 Å². The second-order valence-corrected chi connectivity index (χ2v) is 4.68. The Balaban J connectivity index is 1.98. The van der Waals surface area contributed by atoms with E-state index in [1.54, 1.807) is 26.5 Å². The molecule has 5 nitrogen and oxygen atoms in total. The first-order valence-electron chi connectivity index (χ1n) is 4.82. The molecular weight excluding hydrogens is 272 g/mol. The van der Waals surface area contributed by atoms with Gasteiger partial charge in [-0.15, -0.1) is 0 Å². The van der Waals surface area contributed by atoms with Gasteiger partial charge in [0.2, 0.25) is 0 Å². The van der Waals surface area contributed by atoms with Gasteiger partial charge in [-0.05, 0) is 22.0 Å². The molecule has 0 saturated carbocycles. The molecule has 0 fully saturated rings. The Morgan fingerprint density at radius 1 is 1.44 bits per heavy atom. The van der Waals surface area contributed by atoms with Crippen LogP contribution in [0.5, 0.6) is 0 Å². The van der Waals surface area contributed by atoms with Crippen molar-refractivity contribution in [3.63, 3.8) is 0 Å². The number of aryl methyl sites for hydroxylation is 1. The van der Waals surface area contributed by atoms with Crippen molar-refractivity contribution in [3.8, 4) is 0 Å². The summed E-state index contributed by atoms with van der Waals surface area (Å²) in [5.74, 6) is 0. The highest BCUT2D eigenvalue weighted by atomic mass is 79.9. The third kappa shape index (κ3) is 1.30. The van der Waals surface area contributed by atoms with Crippen LogP contribution in [0.3, 0.4) is 0 Å². The lowest BCUT2D eigenvalue weighted by atomic mass is 10.4. The summed E-state index contributed by atoms with van der Waals surface area (Å²) in [5, 5.41) is 4.06. The van der Waals surface area contributed by atoms with E-state index in [-0.39, 0.29) is 6.03 Å². The average Bonchev–Trinajstić information content (AvgIpc) is 2.85. The molecule has 16 heavy (non-hydrogen) atoms. The quantitative estimate of drug-likeness (QED) is 0.802. The van der Waals surface area contributed by atoms with E-state index in [0.717, 1.165) is 15.9 Å². The summed E-state index contributed by atoms with van der Waals surface area (Å²) >= 11 is 3.36. The van der Waals surface area contributed by atoms with Crippen LogP contribution in [0.15, 0.2) is 29.1 Å². The highest BCUT2D eigenvalue weighted by Crippen LogP contribution is 2.27. The number of rotatable bonds is 1. The number of aromatic nitrogens is 3. The van der Waals surface area contributed by atoms with Crippen molar-refractivity contribution in [2.24, 2.45) is 7.05 Å². The monoisotopic (exact) mass is 280 g/mol. The third-order valence-corrected chi connectivity index (χ3v) is 3.06. The zero-order chi connectivity index (χ0) is 11.3. The summed E-state index contributed by atoms with van der Waals surface area (Å²) < 4.78 is 4.27. The van der Waals surface area contributed by atoms with Crippen molar-refractivity contribution < 1.29 is 4.79 Å². The van der Waals surface area contributed by atoms with Gasteiger partial charge in [0.15, 0.2) is 0 Å².